The number of hydrogen-bond acceptors (Lipinski definition) is 3. The predicted octanol–water partition coefficient (Wildman–Crippen LogP) is 5.05. The van der Waals surface area contributed by atoms with E-state index in [0.717, 1.165) is 21.6 Å². The lowest BCUT2D eigenvalue weighted by molar-refractivity contribution is 0.0998. The average Bonchev–Trinajstić information content (AvgIpc) is 2.95. The van der Waals surface area contributed by atoms with Crippen molar-refractivity contribution < 1.29 is 4.79 Å². The van der Waals surface area contributed by atoms with Gasteiger partial charge in [0.15, 0.2) is 4.80 Å². The van der Waals surface area contributed by atoms with Gasteiger partial charge in [0, 0.05) is 17.5 Å². The van der Waals surface area contributed by atoms with Crippen LogP contribution in [0.3, 0.4) is 0 Å². The van der Waals surface area contributed by atoms with Crippen LogP contribution < -0.4 is 4.80 Å². The predicted molar refractivity (Wildman–Crippen MR) is 108 cm³/mol. The maximum atomic E-state index is 12.5. The highest BCUT2D eigenvalue weighted by Crippen LogP contribution is 2.20. The van der Waals surface area contributed by atoms with Gasteiger partial charge in [-0.15, -0.1) is 11.8 Å². The Kier molecular flexibility index (Phi) is 5.76. The molecule has 0 aliphatic carbocycles. The third kappa shape index (κ3) is 4.05. The Hall–Kier alpha value is -1.85. The number of aromatic nitrogens is 1. The molecule has 0 bridgehead atoms. The molecule has 0 spiro atoms. The summed E-state index contributed by atoms with van der Waals surface area (Å²) in [5.74, 6) is -0.194. The minimum Gasteiger partial charge on any atom is -0.319 e. The molecule has 3 aromatic rings. The summed E-state index contributed by atoms with van der Waals surface area (Å²) in [6.07, 6.45) is 5.51. The number of fused-ring (bicyclic) bond motifs is 1. The number of unbranched alkanes of at least 4 members (excludes halogenated alkanes) is 1. The van der Waals surface area contributed by atoms with Gasteiger partial charge in [0.1, 0.15) is 0 Å². The van der Waals surface area contributed by atoms with Crippen molar-refractivity contribution in [2.75, 3.05) is 6.26 Å². The summed E-state index contributed by atoms with van der Waals surface area (Å²) >= 11 is 3.23. The van der Waals surface area contributed by atoms with Crippen molar-refractivity contribution in [1.29, 1.82) is 0 Å². The molecule has 0 radical (unpaired) electrons. The maximum Gasteiger partial charge on any atom is 0.279 e. The average molecular weight is 371 g/mol. The molecule has 0 aliphatic heterocycles. The summed E-state index contributed by atoms with van der Waals surface area (Å²) in [6, 6.07) is 14.1. The number of thiazole rings is 1. The van der Waals surface area contributed by atoms with Gasteiger partial charge in [-0.05, 0) is 61.1 Å². The number of aryl methyl sites for hydroxylation is 2. The van der Waals surface area contributed by atoms with Crippen LogP contribution in [0.1, 0.15) is 35.7 Å². The Bertz CT molecular complexity index is 952. The van der Waals surface area contributed by atoms with Crippen molar-refractivity contribution in [2.24, 2.45) is 12.0 Å². The van der Waals surface area contributed by atoms with E-state index < -0.39 is 0 Å². The van der Waals surface area contributed by atoms with E-state index in [2.05, 4.69) is 30.1 Å². The molecule has 3 rings (SSSR count). The molecule has 3 nitrogen and oxygen atoms in total. The van der Waals surface area contributed by atoms with E-state index in [4.69, 9.17) is 0 Å². The zero-order valence-corrected chi connectivity index (χ0v) is 16.4. The van der Waals surface area contributed by atoms with Crippen molar-refractivity contribution in [1.82, 2.24) is 4.57 Å². The Morgan fingerprint density at radius 2 is 1.96 bits per heavy atom. The number of amides is 1. The molecule has 1 aromatic heterocycles. The summed E-state index contributed by atoms with van der Waals surface area (Å²) in [7, 11) is 1.97. The third-order valence-electron chi connectivity index (χ3n) is 4.23. The third-order valence-corrected chi connectivity index (χ3v) is 6.07. The molecule has 0 saturated heterocycles. The Balaban J connectivity index is 1.94. The molecule has 0 atom stereocenters. The lowest BCUT2D eigenvalue weighted by atomic mass is 10.1. The Morgan fingerprint density at radius 3 is 2.64 bits per heavy atom. The molecule has 0 N–H and O–H groups in total. The van der Waals surface area contributed by atoms with E-state index in [1.807, 2.05) is 42.1 Å². The van der Waals surface area contributed by atoms with Crippen molar-refractivity contribution in [3.05, 3.63) is 58.4 Å². The highest BCUT2D eigenvalue weighted by molar-refractivity contribution is 7.98. The number of carbonyl (C=O) groups is 1. The molecule has 0 aliphatic rings. The summed E-state index contributed by atoms with van der Waals surface area (Å²) in [6.45, 7) is 2.21. The summed E-state index contributed by atoms with van der Waals surface area (Å²) in [5.41, 5.74) is 3.09. The first-order chi connectivity index (χ1) is 12.1. The van der Waals surface area contributed by atoms with Crippen molar-refractivity contribution in [3.63, 3.8) is 0 Å². The van der Waals surface area contributed by atoms with Crippen LogP contribution in [0.4, 0.5) is 0 Å². The monoisotopic (exact) mass is 370 g/mol. The first kappa shape index (κ1) is 18.0. The molecule has 1 amide bonds. The van der Waals surface area contributed by atoms with Crippen molar-refractivity contribution in [2.45, 2.75) is 31.1 Å². The molecule has 25 heavy (non-hydrogen) atoms. The van der Waals surface area contributed by atoms with Gasteiger partial charge in [-0.25, -0.2) is 0 Å². The zero-order valence-electron chi connectivity index (χ0n) is 14.8. The fourth-order valence-electron chi connectivity index (χ4n) is 2.71. The van der Waals surface area contributed by atoms with E-state index in [0.29, 0.717) is 5.56 Å². The van der Waals surface area contributed by atoms with Crippen LogP contribution in [0.15, 0.2) is 52.4 Å². The first-order valence-electron chi connectivity index (χ1n) is 8.44. The fraction of sp³-hybridized carbons (Fsp3) is 0.300. The van der Waals surface area contributed by atoms with Gasteiger partial charge >= 0.3 is 0 Å². The number of rotatable bonds is 5. The lowest BCUT2D eigenvalue weighted by Gasteiger charge is -2.00. The standard InChI is InChI=1S/C20H22N2OS2/c1-4-5-6-14-7-12-17-18(13-14)25-20(22(17)2)21-19(23)15-8-10-16(24-3)11-9-15/h7-13H,4-6H2,1-3H3. The molecule has 2 aromatic carbocycles. The zero-order chi connectivity index (χ0) is 17.8. The second kappa shape index (κ2) is 8.02. The van der Waals surface area contributed by atoms with E-state index in [1.54, 1.807) is 23.1 Å². The number of benzene rings is 2. The molecule has 1 heterocycles. The van der Waals surface area contributed by atoms with Crippen LogP contribution >= 0.6 is 23.1 Å². The van der Waals surface area contributed by atoms with Gasteiger partial charge < -0.3 is 4.57 Å². The summed E-state index contributed by atoms with van der Waals surface area (Å²) < 4.78 is 3.18. The van der Waals surface area contributed by atoms with E-state index in [-0.39, 0.29) is 5.91 Å². The highest BCUT2D eigenvalue weighted by atomic mass is 32.2. The molecular weight excluding hydrogens is 348 g/mol. The van der Waals surface area contributed by atoms with E-state index in [9.17, 15) is 4.79 Å². The van der Waals surface area contributed by atoms with Crippen LogP contribution in [0, 0.1) is 0 Å². The molecule has 5 heteroatoms. The van der Waals surface area contributed by atoms with E-state index >= 15 is 0 Å². The Labute approximate surface area is 156 Å². The SMILES string of the molecule is CCCCc1ccc2c(c1)sc(=NC(=O)c1ccc(SC)cc1)n2C. The molecular formula is C20H22N2OS2. The summed E-state index contributed by atoms with van der Waals surface area (Å²) in [5, 5.41) is 0. The first-order valence-corrected chi connectivity index (χ1v) is 10.5. The molecule has 0 saturated carbocycles. The van der Waals surface area contributed by atoms with Gasteiger partial charge in [0.2, 0.25) is 0 Å². The smallest absolute Gasteiger partial charge is 0.279 e. The van der Waals surface area contributed by atoms with Gasteiger partial charge in [0.25, 0.3) is 5.91 Å². The minimum atomic E-state index is -0.194. The van der Waals surface area contributed by atoms with Gasteiger partial charge in [0.05, 0.1) is 10.2 Å². The molecule has 130 valence electrons. The van der Waals surface area contributed by atoms with Crippen LogP contribution in [0.25, 0.3) is 10.2 Å². The molecule has 0 unspecified atom stereocenters. The van der Waals surface area contributed by atoms with E-state index in [1.165, 1.54) is 23.1 Å². The number of thioether (sulfide) groups is 1. The topological polar surface area (TPSA) is 34.4 Å². The van der Waals surface area contributed by atoms with Crippen LogP contribution in [-0.2, 0) is 13.5 Å². The lowest BCUT2D eigenvalue weighted by Crippen LogP contribution is -2.13. The maximum absolute atomic E-state index is 12.5. The van der Waals surface area contributed by atoms with Crippen molar-refractivity contribution in [3.8, 4) is 0 Å². The van der Waals surface area contributed by atoms with Crippen LogP contribution in [0.2, 0.25) is 0 Å². The second-order valence-corrected chi connectivity index (χ2v) is 7.88. The highest BCUT2D eigenvalue weighted by Gasteiger charge is 2.08. The van der Waals surface area contributed by atoms with Crippen LogP contribution in [-0.4, -0.2) is 16.7 Å². The molecule has 0 fully saturated rings. The fourth-order valence-corrected chi connectivity index (χ4v) is 4.20. The largest absolute Gasteiger partial charge is 0.319 e. The quantitative estimate of drug-likeness (QED) is 0.589. The summed E-state index contributed by atoms with van der Waals surface area (Å²) in [4.78, 5) is 18.7. The van der Waals surface area contributed by atoms with Gasteiger partial charge in [-0.2, -0.15) is 4.99 Å². The normalized spacial score (nSPS) is 12.0. The minimum absolute atomic E-state index is 0.194. The van der Waals surface area contributed by atoms with Gasteiger partial charge in [-0.3, -0.25) is 4.79 Å². The number of carbonyl (C=O) groups excluding carboxylic acids is 1. The van der Waals surface area contributed by atoms with Gasteiger partial charge in [-0.1, -0.05) is 30.7 Å². The Morgan fingerprint density at radius 1 is 1.20 bits per heavy atom. The number of hydrogen-bond donors (Lipinski definition) is 0. The second-order valence-electron chi connectivity index (χ2n) is 5.99. The van der Waals surface area contributed by atoms with Crippen LogP contribution in [0.5, 0.6) is 0 Å². The number of nitrogens with zero attached hydrogens (tertiary/aromatic N) is 2. The van der Waals surface area contributed by atoms with Crippen molar-refractivity contribution >= 4 is 39.2 Å².